The number of halogens is 3. The van der Waals surface area contributed by atoms with E-state index in [0.29, 0.717) is 38.3 Å². The topological polar surface area (TPSA) is 84.7 Å². The monoisotopic (exact) mass is 389 g/mol. The van der Waals surface area contributed by atoms with Gasteiger partial charge in [0.05, 0.1) is 5.52 Å². The summed E-state index contributed by atoms with van der Waals surface area (Å²) >= 11 is 1.12. The first kappa shape index (κ1) is 16.1. The van der Waals surface area contributed by atoms with Crippen LogP contribution in [0.3, 0.4) is 0 Å². The van der Waals surface area contributed by atoms with Gasteiger partial charge in [0.15, 0.2) is 5.65 Å². The van der Waals surface area contributed by atoms with Crippen molar-refractivity contribution in [1.29, 1.82) is 0 Å². The summed E-state index contributed by atoms with van der Waals surface area (Å²) in [6, 6.07) is 2.85. The van der Waals surface area contributed by atoms with E-state index in [4.69, 9.17) is 0 Å². The highest BCUT2D eigenvalue weighted by molar-refractivity contribution is 7.26. The number of pyridine rings is 1. The molecule has 0 radical (unpaired) electrons. The Hall–Kier alpha value is -3.08. The normalized spacial score (nSPS) is 12.6. The van der Waals surface area contributed by atoms with E-state index >= 15 is 0 Å². The number of hydrogen-bond donors (Lipinski definition) is 1. The number of rotatable bonds is 1. The average molecular weight is 389 g/mol. The summed E-state index contributed by atoms with van der Waals surface area (Å²) in [5, 5.41) is 11.9. The van der Waals surface area contributed by atoms with Crippen molar-refractivity contribution in [3.8, 4) is 11.5 Å². The molecule has 11 heteroatoms. The number of thiophene rings is 1. The minimum atomic E-state index is -4.50. The van der Waals surface area contributed by atoms with Gasteiger partial charge in [0.25, 0.3) is 0 Å². The second-order valence-electron chi connectivity index (χ2n) is 6.17. The van der Waals surface area contributed by atoms with Crippen molar-refractivity contribution < 1.29 is 13.2 Å². The predicted octanol–water partition coefficient (Wildman–Crippen LogP) is 3.91. The molecule has 0 fully saturated rings. The summed E-state index contributed by atoms with van der Waals surface area (Å²) in [6.45, 7) is 3.49. The largest absolute Gasteiger partial charge is 0.433 e. The molecule has 0 saturated carbocycles. The SMILES string of the molecule is Cc1cc(-c2nc3c4sc5nc(C(F)(F)F)cc(C)c5c4ncn3n2)n[nH]1. The van der Waals surface area contributed by atoms with Crippen LogP contribution in [-0.4, -0.2) is 34.8 Å². The molecular formula is C16H10F3N7S. The van der Waals surface area contributed by atoms with Gasteiger partial charge in [0, 0.05) is 11.1 Å². The Labute approximate surface area is 152 Å². The molecule has 136 valence electrons. The van der Waals surface area contributed by atoms with Crippen LogP contribution in [0, 0.1) is 13.8 Å². The molecule has 0 aromatic carbocycles. The molecule has 5 heterocycles. The summed E-state index contributed by atoms with van der Waals surface area (Å²) in [5.74, 6) is 0.409. The van der Waals surface area contributed by atoms with Crippen molar-refractivity contribution in [3.05, 3.63) is 35.4 Å². The molecule has 0 saturated heterocycles. The van der Waals surface area contributed by atoms with Crippen molar-refractivity contribution in [2.45, 2.75) is 20.0 Å². The van der Waals surface area contributed by atoms with E-state index in [-0.39, 0.29) is 4.83 Å². The summed E-state index contributed by atoms with van der Waals surface area (Å²) in [5.41, 5.74) is 2.08. The number of nitrogens with one attached hydrogen (secondary N) is 1. The molecule has 7 nitrogen and oxygen atoms in total. The quantitative estimate of drug-likeness (QED) is 0.470. The maximum atomic E-state index is 13.1. The van der Waals surface area contributed by atoms with Crippen molar-refractivity contribution in [2.24, 2.45) is 0 Å². The average Bonchev–Trinajstić information content (AvgIpc) is 3.28. The number of hydrogen-bond acceptors (Lipinski definition) is 6. The molecule has 0 aliphatic rings. The zero-order valence-corrected chi connectivity index (χ0v) is 14.8. The van der Waals surface area contributed by atoms with E-state index in [0.717, 1.165) is 23.1 Å². The molecule has 0 bridgehead atoms. The molecule has 27 heavy (non-hydrogen) atoms. The van der Waals surface area contributed by atoms with Crippen LogP contribution in [0.1, 0.15) is 17.0 Å². The summed E-state index contributed by atoms with van der Waals surface area (Å²) in [6.07, 6.45) is -3.01. The van der Waals surface area contributed by atoms with Crippen LogP contribution >= 0.6 is 11.3 Å². The highest BCUT2D eigenvalue weighted by Gasteiger charge is 2.33. The number of H-pyrrole nitrogens is 1. The lowest BCUT2D eigenvalue weighted by Gasteiger charge is -2.06. The Kier molecular flexibility index (Phi) is 3.12. The van der Waals surface area contributed by atoms with Gasteiger partial charge in [0.2, 0.25) is 5.82 Å². The van der Waals surface area contributed by atoms with Crippen molar-refractivity contribution >= 4 is 37.4 Å². The number of fused-ring (bicyclic) bond motifs is 5. The third-order valence-electron chi connectivity index (χ3n) is 4.19. The first-order valence-electron chi connectivity index (χ1n) is 7.86. The molecule has 5 rings (SSSR count). The van der Waals surface area contributed by atoms with Gasteiger partial charge in [-0.05, 0) is 31.5 Å². The molecule has 0 atom stereocenters. The number of alkyl halides is 3. The van der Waals surface area contributed by atoms with Crippen molar-refractivity contribution in [2.75, 3.05) is 0 Å². The molecule has 0 amide bonds. The fourth-order valence-electron chi connectivity index (χ4n) is 3.00. The predicted molar refractivity (Wildman–Crippen MR) is 93.5 cm³/mol. The van der Waals surface area contributed by atoms with Crippen molar-refractivity contribution in [3.63, 3.8) is 0 Å². The van der Waals surface area contributed by atoms with Gasteiger partial charge in [-0.25, -0.2) is 19.5 Å². The van der Waals surface area contributed by atoms with Gasteiger partial charge < -0.3 is 0 Å². The first-order valence-corrected chi connectivity index (χ1v) is 8.68. The second kappa shape index (κ2) is 5.22. The first-order chi connectivity index (χ1) is 12.8. The van der Waals surface area contributed by atoms with Crippen LogP contribution in [0.4, 0.5) is 13.2 Å². The number of nitrogens with zero attached hydrogens (tertiary/aromatic N) is 6. The maximum absolute atomic E-state index is 13.1. The Morgan fingerprint density at radius 2 is 1.96 bits per heavy atom. The zero-order valence-electron chi connectivity index (χ0n) is 14.0. The molecule has 1 N–H and O–H groups in total. The summed E-state index contributed by atoms with van der Waals surface area (Å²) < 4.78 is 41.4. The fraction of sp³-hybridized carbons (Fsp3) is 0.188. The van der Waals surface area contributed by atoms with Gasteiger partial charge >= 0.3 is 6.18 Å². The van der Waals surface area contributed by atoms with E-state index in [1.165, 1.54) is 10.8 Å². The lowest BCUT2D eigenvalue weighted by Crippen LogP contribution is -2.07. The van der Waals surface area contributed by atoms with Crippen LogP contribution < -0.4 is 0 Å². The standard InChI is InChI=1S/C16H10F3N7S/c1-6-3-9(16(17,18)19)21-15-10(6)11-12(27-15)14-22-13(25-26(14)5-20-11)8-4-7(2)23-24-8/h3-5H,1-2H3,(H,23,24). The number of aromatic nitrogens is 7. The second-order valence-corrected chi connectivity index (χ2v) is 7.17. The van der Waals surface area contributed by atoms with Crippen LogP contribution in [0.5, 0.6) is 0 Å². The summed E-state index contributed by atoms with van der Waals surface area (Å²) in [4.78, 5) is 13.0. The smallest absolute Gasteiger partial charge is 0.282 e. The lowest BCUT2D eigenvalue weighted by molar-refractivity contribution is -0.141. The minimum Gasteiger partial charge on any atom is -0.282 e. The van der Waals surface area contributed by atoms with Gasteiger partial charge in [-0.2, -0.15) is 18.3 Å². The number of aryl methyl sites for hydroxylation is 2. The Morgan fingerprint density at radius 3 is 2.67 bits per heavy atom. The summed E-state index contributed by atoms with van der Waals surface area (Å²) in [7, 11) is 0. The van der Waals surface area contributed by atoms with Crippen LogP contribution in [-0.2, 0) is 6.18 Å². The lowest BCUT2D eigenvalue weighted by atomic mass is 10.1. The molecular weight excluding hydrogens is 379 g/mol. The highest BCUT2D eigenvalue weighted by atomic mass is 32.1. The molecule has 0 aliphatic carbocycles. The van der Waals surface area contributed by atoms with Gasteiger partial charge in [0.1, 0.15) is 27.2 Å². The molecule has 5 aromatic rings. The van der Waals surface area contributed by atoms with E-state index in [2.05, 4.69) is 30.2 Å². The number of aromatic amines is 1. The van der Waals surface area contributed by atoms with Crippen LogP contribution in [0.2, 0.25) is 0 Å². The highest BCUT2D eigenvalue weighted by Crippen LogP contribution is 2.38. The van der Waals surface area contributed by atoms with Gasteiger partial charge in [-0.1, -0.05) is 0 Å². The van der Waals surface area contributed by atoms with Crippen molar-refractivity contribution in [1.82, 2.24) is 34.8 Å². The molecule has 0 unspecified atom stereocenters. The molecule has 0 spiro atoms. The van der Waals surface area contributed by atoms with E-state index in [1.54, 1.807) is 6.92 Å². The maximum Gasteiger partial charge on any atom is 0.433 e. The van der Waals surface area contributed by atoms with E-state index in [1.807, 2.05) is 13.0 Å². The van der Waals surface area contributed by atoms with Gasteiger partial charge in [-0.3, -0.25) is 5.10 Å². The third-order valence-corrected chi connectivity index (χ3v) is 5.26. The minimum absolute atomic E-state index is 0.276. The molecule has 5 aromatic heterocycles. The van der Waals surface area contributed by atoms with Crippen LogP contribution in [0.25, 0.3) is 37.6 Å². The van der Waals surface area contributed by atoms with Gasteiger partial charge in [-0.15, -0.1) is 16.4 Å². The zero-order chi connectivity index (χ0) is 18.9. The fourth-order valence-corrected chi connectivity index (χ4v) is 4.17. The van der Waals surface area contributed by atoms with E-state index < -0.39 is 11.9 Å². The molecule has 0 aliphatic heterocycles. The Balaban J connectivity index is 1.81. The van der Waals surface area contributed by atoms with E-state index in [9.17, 15) is 13.2 Å². The third kappa shape index (κ3) is 2.38. The Morgan fingerprint density at radius 1 is 1.15 bits per heavy atom. The van der Waals surface area contributed by atoms with Crippen LogP contribution in [0.15, 0.2) is 18.5 Å². The Bertz CT molecular complexity index is 1350.